The van der Waals surface area contributed by atoms with Gasteiger partial charge in [-0.05, 0) is 20.2 Å². The molecule has 1 aliphatic rings. The molecule has 3 aromatic rings. The van der Waals surface area contributed by atoms with E-state index in [0.29, 0.717) is 31.1 Å². The molecule has 1 fully saturated rings. The van der Waals surface area contributed by atoms with Crippen molar-refractivity contribution in [3.05, 3.63) is 48.4 Å². The van der Waals surface area contributed by atoms with Crippen LogP contribution in [0.3, 0.4) is 0 Å². The largest absolute Gasteiger partial charge is 0.359 e. The lowest BCUT2D eigenvalue weighted by atomic mass is 10.1. The molecule has 4 rings (SSSR count). The molecule has 0 aromatic carbocycles. The summed E-state index contributed by atoms with van der Waals surface area (Å²) in [6.45, 7) is 1.58. The van der Waals surface area contributed by atoms with Crippen molar-refractivity contribution < 1.29 is 9.32 Å². The van der Waals surface area contributed by atoms with Crippen molar-refractivity contribution in [2.45, 2.75) is 18.6 Å². The van der Waals surface area contributed by atoms with E-state index in [0.717, 1.165) is 0 Å². The second-order valence-electron chi connectivity index (χ2n) is 6.57. The fourth-order valence-electron chi connectivity index (χ4n) is 3.30. The van der Waals surface area contributed by atoms with Gasteiger partial charge in [-0.25, -0.2) is 4.68 Å². The molecule has 0 N–H and O–H groups in total. The fraction of sp³-hybridized carbons (Fsp3) is 0.438. The summed E-state index contributed by atoms with van der Waals surface area (Å²) < 4.78 is 8.82. The van der Waals surface area contributed by atoms with Gasteiger partial charge in [0, 0.05) is 37.7 Å². The number of hydrogen-bond acceptors (Lipinski definition) is 7. The topological polar surface area (TPSA) is 98.1 Å². The predicted octanol–water partition coefficient (Wildman–Crippen LogP) is 0.138. The van der Waals surface area contributed by atoms with Gasteiger partial charge in [-0.15, -0.1) is 5.10 Å². The summed E-state index contributed by atoms with van der Waals surface area (Å²) >= 11 is 0. The van der Waals surface area contributed by atoms with E-state index >= 15 is 0 Å². The summed E-state index contributed by atoms with van der Waals surface area (Å²) in [5.74, 6) is 0.447. The number of nitrogens with zero attached hydrogens (tertiary/aromatic N) is 8. The van der Waals surface area contributed by atoms with E-state index < -0.39 is 0 Å². The lowest BCUT2D eigenvalue weighted by Gasteiger charge is -2.24. The average Bonchev–Trinajstić information content (AvgIpc) is 3.39. The number of likely N-dealkylation sites (tertiary alicyclic amines) is 1. The Balaban J connectivity index is 1.49. The second-order valence-corrected chi connectivity index (χ2v) is 6.57. The molecular formula is C16H20N8O2. The Morgan fingerprint density at radius 1 is 1.31 bits per heavy atom. The first-order valence-electron chi connectivity index (χ1n) is 8.36. The van der Waals surface area contributed by atoms with E-state index in [1.807, 2.05) is 37.2 Å². The third kappa shape index (κ3) is 3.10. The first-order valence-corrected chi connectivity index (χ1v) is 8.36. The van der Waals surface area contributed by atoms with Gasteiger partial charge in [-0.3, -0.25) is 9.48 Å². The van der Waals surface area contributed by atoms with Crippen LogP contribution in [0.15, 0.2) is 41.4 Å². The van der Waals surface area contributed by atoms with Crippen LogP contribution < -0.4 is 0 Å². The standard InChI is InChI=1S/C16H20N8O2/c1-21(2)14-10-22(11-15(14)24-7-5-17-20-24)16(25)13-8-12(26-19-13)9-23-6-3-4-18-23/h3-8,14-15H,9-11H2,1-2H3/t14-,15+/m1/s1. The first kappa shape index (κ1) is 16.5. The van der Waals surface area contributed by atoms with Gasteiger partial charge < -0.3 is 14.3 Å². The van der Waals surface area contributed by atoms with Gasteiger partial charge in [-0.1, -0.05) is 10.4 Å². The number of rotatable bonds is 5. The number of aromatic nitrogens is 6. The van der Waals surface area contributed by atoms with Gasteiger partial charge in [0.2, 0.25) is 0 Å². The Labute approximate surface area is 150 Å². The highest BCUT2D eigenvalue weighted by Gasteiger charge is 2.39. The Hall–Kier alpha value is -3.01. The normalized spacial score (nSPS) is 20.2. The maximum atomic E-state index is 12.9. The molecule has 0 aliphatic carbocycles. The zero-order chi connectivity index (χ0) is 18.1. The third-order valence-corrected chi connectivity index (χ3v) is 4.65. The first-order chi connectivity index (χ1) is 12.6. The van der Waals surface area contributed by atoms with Crippen LogP contribution in [0.5, 0.6) is 0 Å². The van der Waals surface area contributed by atoms with Crippen molar-refractivity contribution in [3.63, 3.8) is 0 Å². The summed E-state index contributed by atoms with van der Waals surface area (Å²) in [6, 6.07) is 3.71. The maximum absolute atomic E-state index is 12.9. The van der Waals surface area contributed by atoms with Crippen LogP contribution in [0.4, 0.5) is 0 Å². The van der Waals surface area contributed by atoms with Gasteiger partial charge in [0.05, 0.1) is 18.3 Å². The van der Waals surface area contributed by atoms with E-state index in [9.17, 15) is 4.79 Å². The van der Waals surface area contributed by atoms with E-state index in [4.69, 9.17) is 4.52 Å². The highest BCUT2D eigenvalue weighted by molar-refractivity contribution is 5.92. The van der Waals surface area contributed by atoms with Crippen molar-refractivity contribution in [1.82, 2.24) is 39.7 Å². The molecule has 0 saturated carbocycles. The van der Waals surface area contributed by atoms with Gasteiger partial charge in [0.25, 0.3) is 5.91 Å². The van der Waals surface area contributed by atoms with Crippen molar-refractivity contribution in [2.24, 2.45) is 0 Å². The fourth-order valence-corrected chi connectivity index (χ4v) is 3.30. The van der Waals surface area contributed by atoms with Gasteiger partial charge >= 0.3 is 0 Å². The molecule has 1 amide bonds. The second kappa shape index (κ2) is 6.71. The van der Waals surface area contributed by atoms with Crippen LogP contribution in [0.2, 0.25) is 0 Å². The number of likely N-dealkylation sites (N-methyl/N-ethyl adjacent to an activating group) is 1. The molecule has 0 spiro atoms. The summed E-state index contributed by atoms with van der Waals surface area (Å²) in [4.78, 5) is 16.8. The highest BCUT2D eigenvalue weighted by atomic mass is 16.5. The van der Waals surface area contributed by atoms with E-state index in [1.165, 1.54) is 0 Å². The molecule has 0 bridgehead atoms. The molecule has 0 unspecified atom stereocenters. The Morgan fingerprint density at radius 3 is 2.88 bits per heavy atom. The third-order valence-electron chi connectivity index (χ3n) is 4.65. The van der Waals surface area contributed by atoms with Crippen molar-refractivity contribution in [1.29, 1.82) is 0 Å². The lowest BCUT2D eigenvalue weighted by Crippen LogP contribution is -2.37. The quantitative estimate of drug-likeness (QED) is 0.641. The van der Waals surface area contributed by atoms with Crippen molar-refractivity contribution >= 4 is 5.91 Å². The molecule has 1 saturated heterocycles. The van der Waals surface area contributed by atoms with E-state index in [-0.39, 0.29) is 18.0 Å². The summed E-state index contributed by atoms with van der Waals surface area (Å²) in [7, 11) is 4.00. The van der Waals surface area contributed by atoms with Gasteiger partial charge in [-0.2, -0.15) is 5.10 Å². The molecular weight excluding hydrogens is 336 g/mol. The van der Waals surface area contributed by atoms with Gasteiger partial charge in [0.15, 0.2) is 11.5 Å². The van der Waals surface area contributed by atoms with E-state index in [1.54, 1.807) is 28.0 Å². The summed E-state index contributed by atoms with van der Waals surface area (Å²) in [6.07, 6.45) is 7.00. The molecule has 136 valence electrons. The number of amides is 1. The Bertz CT molecular complexity index is 855. The van der Waals surface area contributed by atoms with Crippen LogP contribution in [-0.4, -0.2) is 78.9 Å². The SMILES string of the molecule is CN(C)[C@@H]1CN(C(=O)c2cc(Cn3cccn3)on2)C[C@@H]1n1ccnn1. The number of hydrogen-bond donors (Lipinski definition) is 0. The van der Waals surface area contributed by atoms with Gasteiger partial charge in [0.1, 0.15) is 6.54 Å². The lowest BCUT2D eigenvalue weighted by molar-refractivity contribution is 0.0770. The van der Waals surface area contributed by atoms with Crippen LogP contribution in [0.25, 0.3) is 0 Å². The molecule has 3 aromatic heterocycles. The highest BCUT2D eigenvalue weighted by Crippen LogP contribution is 2.25. The Morgan fingerprint density at radius 2 is 2.19 bits per heavy atom. The number of carbonyl (C=O) groups excluding carboxylic acids is 1. The zero-order valence-corrected chi connectivity index (χ0v) is 14.6. The molecule has 10 heteroatoms. The van der Waals surface area contributed by atoms with Crippen LogP contribution >= 0.6 is 0 Å². The summed E-state index contributed by atoms with van der Waals surface area (Å²) in [5, 5.41) is 16.1. The van der Waals surface area contributed by atoms with Crippen molar-refractivity contribution in [2.75, 3.05) is 27.2 Å². The molecule has 10 nitrogen and oxygen atoms in total. The minimum atomic E-state index is -0.144. The number of carbonyl (C=O) groups is 1. The summed E-state index contributed by atoms with van der Waals surface area (Å²) in [5.41, 5.74) is 0.309. The average molecular weight is 356 g/mol. The molecule has 2 atom stereocenters. The predicted molar refractivity (Wildman–Crippen MR) is 90.3 cm³/mol. The minimum absolute atomic E-state index is 0.0481. The molecule has 0 radical (unpaired) electrons. The van der Waals surface area contributed by atoms with Crippen LogP contribution in [0, 0.1) is 0 Å². The molecule has 1 aliphatic heterocycles. The molecule has 4 heterocycles. The maximum Gasteiger partial charge on any atom is 0.276 e. The Kier molecular flexibility index (Phi) is 4.25. The zero-order valence-electron chi connectivity index (χ0n) is 14.6. The van der Waals surface area contributed by atoms with Crippen molar-refractivity contribution in [3.8, 4) is 0 Å². The van der Waals surface area contributed by atoms with E-state index in [2.05, 4.69) is 25.5 Å². The smallest absolute Gasteiger partial charge is 0.276 e. The monoisotopic (exact) mass is 356 g/mol. The van der Waals surface area contributed by atoms with Crippen LogP contribution in [-0.2, 0) is 6.54 Å². The minimum Gasteiger partial charge on any atom is -0.359 e. The molecule has 26 heavy (non-hydrogen) atoms. The van der Waals surface area contributed by atoms with Crippen LogP contribution in [0.1, 0.15) is 22.3 Å².